The van der Waals surface area contributed by atoms with Crippen LogP contribution in [0.5, 0.6) is 0 Å². The van der Waals surface area contributed by atoms with E-state index in [0.717, 1.165) is 102 Å². The van der Waals surface area contributed by atoms with Crippen LogP contribution >= 0.6 is 15.6 Å². The number of phosphoric ester groups is 2. The molecule has 0 heterocycles. The minimum Gasteiger partial charge on any atom is -0.462 e. The Morgan fingerprint density at radius 2 is 0.573 bits per heavy atom. The second-order valence-electron chi connectivity index (χ2n) is 26.0. The minimum absolute atomic E-state index is 0.106. The number of rotatable bonds is 69. The molecule has 3 N–H and O–H groups in total. The van der Waals surface area contributed by atoms with Gasteiger partial charge in [-0.2, -0.15) is 0 Å². The number of unbranched alkanes of at least 4 members (excludes halogenated alkanes) is 38. The predicted octanol–water partition coefficient (Wildman–Crippen LogP) is 20.0. The zero-order chi connectivity index (χ0) is 65.7. The van der Waals surface area contributed by atoms with Gasteiger partial charge in [0.25, 0.3) is 0 Å². The molecule has 0 rings (SSSR count). The number of aliphatic hydroxyl groups is 1. The van der Waals surface area contributed by atoms with E-state index >= 15 is 0 Å². The Labute approximate surface area is 543 Å². The topological polar surface area (TPSA) is 237 Å². The molecule has 0 aromatic rings. The molecule has 17 nitrogen and oxygen atoms in total. The Morgan fingerprint density at radius 3 is 0.854 bits per heavy atom. The molecule has 0 aliphatic rings. The highest BCUT2D eigenvalue weighted by Gasteiger charge is 2.30. The molecular formula is C70H136O17P2. The van der Waals surface area contributed by atoms with E-state index in [4.69, 9.17) is 37.0 Å². The van der Waals surface area contributed by atoms with Gasteiger partial charge in [-0.25, -0.2) is 9.13 Å². The summed E-state index contributed by atoms with van der Waals surface area (Å²) in [6.07, 6.45) is 47.1. The van der Waals surface area contributed by atoms with E-state index in [1.807, 2.05) is 0 Å². The molecule has 0 fully saturated rings. The maximum Gasteiger partial charge on any atom is 0.472 e. The molecule has 0 amide bonds. The monoisotopic (exact) mass is 1310 g/mol. The largest absolute Gasteiger partial charge is 0.472 e. The molecule has 0 saturated carbocycles. The zero-order valence-electron chi connectivity index (χ0n) is 57.7. The van der Waals surface area contributed by atoms with Crippen molar-refractivity contribution in [2.45, 2.75) is 374 Å². The highest BCUT2D eigenvalue weighted by atomic mass is 31.2. The van der Waals surface area contributed by atoms with Crippen molar-refractivity contribution in [2.75, 3.05) is 39.6 Å². The molecule has 0 aliphatic heterocycles. The van der Waals surface area contributed by atoms with Crippen LogP contribution in [0, 0.1) is 11.8 Å². The fourth-order valence-corrected chi connectivity index (χ4v) is 12.1. The van der Waals surface area contributed by atoms with E-state index in [2.05, 4.69) is 41.5 Å². The lowest BCUT2D eigenvalue weighted by Gasteiger charge is -2.21. The van der Waals surface area contributed by atoms with Gasteiger partial charge in [0.1, 0.15) is 19.3 Å². The van der Waals surface area contributed by atoms with Gasteiger partial charge in [0.15, 0.2) is 12.2 Å². The predicted molar refractivity (Wildman–Crippen MR) is 358 cm³/mol. The van der Waals surface area contributed by atoms with E-state index in [-0.39, 0.29) is 25.7 Å². The van der Waals surface area contributed by atoms with E-state index in [1.54, 1.807) is 0 Å². The summed E-state index contributed by atoms with van der Waals surface area (Å²) in [7, 11) is -9.89. The third-order valence-electron chi connectivity index (χ3n) is 16.6. The van der Waals surface area contributed by atoms with E-state index < -0.39 is 97.5 Å². The molecule has 0 aromatic heterocycles. The molecule has 0 aromatic carbocycles. The number of hydrogen-bond donors (Lipinski definition) is 3. The molecule has 0 saturated heterocycles. The first-order chi connectivity index (χ1) is 42.9. The Morgan fingerprint density at radius 1 is 0.326 bits per heavy atom. The molecule has 19 heteroatoms. The van der Waals surface area contributed by atoms with Crippen LogP contribution in [-0.2, 0) is 65.4 Å². The highest BCUT2D eigenvalue weighted by molar-refractivity contribution is 7.47. The van der Waals surface area contributed by atoms with Gasteiger partial charge < -0.3 is 33.8 Å². The molecule has 89 heavy (non-hydrogen) atoms. The summed E-state index contributed by atoms with van der Waals surface area (Å²) in [5.74, 6) is -0.521. The van der Waals surface area contributed by atoms with Crippen LogP contribution in [0.15, 0.2) is 0 Å². The smallest absolute Gasteiger partial charge is 0.462 e. The lowest BCUT2D eigenvalue weighted by atomic mass is 9.99. The second-order valence-corrected chi connectivity index (χ2v) is 28.9. The normalized spacial score (nSPS) is 14.4. The Balaban J connectivity index is 5.22. The summed E-state index contributed by atoms with van der Waals surface area (Å²) in [6.45, 7) is 9.57. The number of esters is 4. The Hall–Kier alpha value is -1.94. The van der Waals surface area contributed by atoms with Crippen molar-refractivity contribution in [1.29, 1.82) is 0 Å². The van der Waals surface area contributed by atoms with Gasteiger partial charge in [-0.15, -0.1) is 0 Å². The van der Waals surface area contributed by atoms with Gasteiger partial charge in [0.2, 0.25) is 0 Å². The molecule has 528 valence electrons. The quantitative estimate of drug-likeness (QED) is 0.0222. The standard InChI is InChI=1S/C70H136O17P2/c1-7-10-12-14-16-26-34-40-46-52-67(72)80-58-65(86-69(74)54-48-42-36-27-17-15-13-11-8-2)60-84-88(76,77)82-56-64(71)57-83-89(78,79)85-61-66(59-81-68(73)53-47-41-35-30-25-24-29-33-39-45-51-63(6)9-3)87-70(75)55-49-43-37-31-23-21-19-18-20-22-28-32-38-44-50-62(4)5/h62-66,71H,7-61H2,1-6H3,(H,76,77)(H,78,79)/t63?,64-,65+,66+/m0/s1. The summed E-state index contributed by atoms with van der Waals surface area (Å²) < 4.78 is 68.2. The third-order valence-corrected chi connectivity index (χ3v) is 18.5. The maximum atomic E-state index is 13.0. The average molecular weight is 1310 g/mol. The molecule has 0 bridgehead atoms. The van der Waals surface area contributed by atoms with Crippen LogP contribution in [-0.4, -0.2) is 96.7 Å². The highest BCUT2D eigenvalue weighted by Crippen LogP contribution is 2.45. The lowest BCUT2D eigenvalue weighted by molar-refractivity contribution is -0.161. The van der Waals surface area contributed by atoms with Gasteiger partial charge >= 0.3 is 39.5 Å². The number of carbonyl (C=O) groups excluding carboxylic acids is 4. The van der Waals surface area contributed by atoms with E-state index in [1.165, 1.54) is 173 Å². The second kappa shape index (κ2) is 62.2. The van der Waals surface area contributed by atoms with Crippen molar-refractivity contribution in [3.05, 3.63) is 0 Å². The van der Waals surface area contributed by atoms with Gasteiger partial charge in [0, 0.05) is 25.7 Å². The zero-order valence-corrected chi connectivity index (χ0v) is 59.5. The van der Waals surface area contributed by atoms with Crippen LogP contribution in [0.25, 0.3) is 0 Å². The summed E-state index contributed by atoms with van der Waals surface area (Å²) in [4.78, 5) is 72.4. The molecule has 0 spiro atoms. The maximum absolute atomic E-state index is 13.0. The van der Waals surface area contributed by atoms with Crippen molar-refractivity contribution in [1.82, 2.24) is 0 Å². The van der Waals surface area contributed by atoms with Gasteiger partial charge in [-0.05, 0) is 37.5 Å². The number of ether oxygens (including phenoxy) is 4. The number of aliphatic hydroxyl groups excluding tert-OH is 1. The number of carbonyl (C=O) groups is 4. The summed E-state index contributed by atoms with van der Waals surface area (Å²) in [6, 6.07) is 0. The Bertz CT molecular complexity index is 1740. The molecule has 6 atom stereocenters. The van der Waals surface area contributed by atoms with Crippen LogP contribution in [0.2, 0.25) is 0 Å². The summed E-state index contributed by atoms with van der Waals surface area (Å²) in [5.41, 5.74) is 0. The van der Waals surface area contributed by atoms with E-state index in [9.17, 15) is 43.2 Å². The van der Waals surface area contributed by atoms with Crippen molar-refractivity contribution in [3.8, 4) is 0 Å². The third kappa shape index (κ3) is 63.2. The number of hydrogen-bond acceptors (Lipinski definition) is 15. The fourth-order valence-electron chi connectivity index (χ4n) is 10.6. The first-order valence-corrected chi connectivity index (χ1v) is 39.5. The van der Waals surface area contributed by atoms with Crippen LogP contribution < -0.4 is 0 Å². The van der Waals surface area contributed by atoms with Crippen molar-refractivity contribution in [2.24, 2.45) is 11.8 Å². The first-order valence-electron chi connectivity index (χ1n) is 36.5. The number of phosphoric acid groups is 2. The van der Waals surface area contributed by atoms with Crippen molar-refractivity contribution >= 4 is 39.5 Å². The molecule has 0 radical (unpaired) electrons. The van der Waals surface area contributed by atoms with Crippen LogP contribution in [0.3, 0.4) is 0 Å². The lowest BCUT2D eigenvalue weighted by Crippen LogP contribution is -2.30. The van der Waals surface area contributed by atoms with Gasteiger partial charge in [-0.1, -0.05) is 305 Å². The SMILES string of the molecule is CCCCCCCCCCCC(=O)OC[C@H](COP(=O)(O)OC[C@H](O)COP(=O)(O)OC[C@@H](COC(=O)CCCCCCCCCCCCC(C)CC)OC(=O)CCCCCCCCCCCCCCCCC(C)C)OC(=O)CCCCCCCCCCC. The Kier molecular flexibility index (Phi) is 60.8. The molecule has 0 aliphatic carbocycles. The van der Waals surface area contributed by atoms with Crippen LogP contribution in [0.1, 0.15) is 356 Å². The first kappa shape index (κ1) is 87.1. The minimum atomic E-state index is -4.95. The van der Waals surface area contributed by atoms with Crippen molar-refractivity contribution in [3.63, 3.8) is 0 Å². The van der Waals surface area contributed by atoms with Crippen molar-refractivity contribution < 1.29 is 80.2 Å². The van der Waals surface area contributed by atoms with Gasteiger partial charge in [-0.3, -0.25) is 37.3 Å². The average Bonchev–Trinajstić information content (AvgIpc) is 3.65. The van der Waals surface area contributed by atoms with Crippen LogP contribution in [0.4, 0.5) is 0 Å². The molecular weight excluding hydrogens is 1170 g/mol. The summed E-state index contributed by atoms with van der Waals surface area (Å²) >= 11 is 0. The molecule has 3 unspecified atom stereocenters. The summed E-state index contributed by atoms with van der Waals surface area (Å²) in [5, 5.41) is 10.6. The van der Waals surface area contributed by atoms with Gasteiger partial charge in [0.05, 0.1) is 26.4 Å². The fraction of sp³-hybridized carbons (Fsp3) is 0.943. The van der Waals surface area contributed by atoms with E-state index in [0.29, 0.717) is 25.7 Å².